The van der Waals surface area contributed by atoms with Gasteiger partial charge in [-0.25, -0.2) is 0 Å². The van der Waals surface area contributed by atoms with Crippen LogP contribution in [0.1, 0.15) is 27.7 Å². The highest BCUT2D eigenvalue weighted by molar-refractivity contribution is 6.27. The fraction of sp³-hybridized carbons (Fsp3) is 0.833. The first kappa shape index (κ1) is 13.3. The molecule has 1 fully saturated rings. The van der Waals surface area contributed by atoms with Crippen LogP contribution < -0.4 is 10.6 Å². The van der Waals surface area contributed by atoms with Crippen LogP contribution in [0.2, 0.25) is 0 Å². The zero-order valence-electron chi connectivity index (χ0n) is 10.5. The molecule has 0 aromatic heterocycles. The third-order valence-corrected chi connectivity index (χ3v) is 3.27. The van der Waals surface area contributed by atoms with E-state index in [2.05, 4.69) is 38.3 Å². The molecule has 92 valence electrons. The summed E-state index contributed by atoms with van der Waals surface area (Å²) in [5, 5.41) is 6.66. The summed E-state index contributed by atoms with van der Waals surface area (Å²) >= 11 is 0. The third kappa shape index (κ3) is 2.89. The molecule has 0 spiro atoms. The lowest BCUT2D eigenvalue weighted by molar-refractivity contribution is -0.132. The van der Waals surface area contributed by atoms with Gasteiger partial charge in [0.05, 0.1) is 6.04 Å². The van der Waals surface area contributed by atoms with Crippen LogP contribution in [0.4, 0.5) is 0 Å². The zero-order chi connectivity index (χ0) is 12.3. The first-order chi connectivity index (χ1) is 7.47. The highest BCUT2D eigenvalue weighted by Gasteiger charge is 2.36. The highest BCUT2D eigenvalue weighted by Crippen LogP contribution is 2.15. The molecule has 1 aliphatic heterocycles. The quantitative estimate of drug-likeness (QED) is 0.537. The van der Waals surface area contributed by atoms with Crippen molar-refractivity contribution in [3.05, 3.63) is 0 Å². The van der Waals surface area contributed by atoms with Gasteiger partial charge in [0.25, 0.3) is 0 Å². The SMILES string of the molecule is CC(C)C1CNC(C(C)C)C(C(=O)C=O)N1. The Morgan fingerprint density at radius 2 is 1.88 bits per heavy atom. The van der Waals surface area contributed by atoms with Gasteiger partial charge in [-0.2, -0.15) is 0 Å². The Hall–Kier alpha value is -0.740. The van der Waals surface area contributed by atoms with Gasteiger partial charge >= 0.3 is 0 Å². The smallest absolute Gasteiger partial charge is 0.213 e. The standard InChI is InChI=1S/C12H22N2O2/c1-7(2)9-5-13-11(8(3)4)12(14-9)10(16)6-15/h6-9,11-14H,5H2,1-4H3. The topological polar surface area (TPSA) is 58.2 Å². The second-order valence-electron chi connectivity index (χ2n) is 5.19. The number of piperazine rings is 1. The van der Waals surface area contributed by atoms with Gasteiger partial charge in [-0.1, -0.05) is 27.7 Å². The number of hydrogen-bond acceptors (Lipinski definition) is 4. The van der Waals surface area contributed by atoms with Gasteiger partial charge in [-0.05, 0) is 11.8 Å². The van der Waals surface area contributed by atoms with Crippen molar-refractivity contribution in [2.75, 3.05) is 6.54 Å². The number of Topliss-reactive ketones (excluding diaryl/α,β-unsaturated/α-hetero) is 1. The van der Waals surface area contributed by atoms with Crippen molar-refractivity contribution in [2.45, 2.75) is 45.8 Å². The number of hydrogen-bond donors (Lipinski definition) is 2. The predicted molar refractivity (Wildman–Crippen MR) is 63.2 cm³/mol. The van der Waals surface area contributed by atoms with E-state index in [4.69, 9.17) is 0 Å². The molecule has 0 bridgehead atoms. The minimum absolute atomic E-state index is 0.0488. The monoisotopic (exact) mass is 226 g/mol. The Bertz CT molecular complexity index is 264. The van der Waals surface area contributed by atoms with Gasteiger partial charge in [0, 0.05) is 18.6 Å². The van der Waals surface area contributed by atoms with Gasteiger partial charge in [0.1, 0.15) is 0 Å². The number of nitrogens with one attached hydrogen (secondary N) is 2. The predicted octanol–water partition coefficient (Wildman–Crippen LogP) is 0.365. The van der Waals surface area contributed by atoms with Gasteiger partial charge in [-0.3, -0.25) is 9.59 Å². The molecule has 2 N–H and O–H groups in total. The summed E-state index contributed by atoms with van der Waals surface area (Å²) in [6.07, 6.45) is 0.428. The average Bonchev–Trinajstić information content (AvgIpc) is 2.26. The minimum Gasteiger partial charge on any atom is -0.310 e. The van der Waals surface area contributed by atoms with Crippen LogP contribution in [0, 0.1) is 11.8 Å². The molecule has 0 amide bonds. The average molecular weight is 226 g/mol. The van der Waals surface area contributed by atoms with Crippen molar-refractivity contribution in [2.24, 2.45) is 11.8 Å². The molecule has 0 radical (unpaired) electrons. The van der Waals surface area contributed by atoms with E-state index in [1.807, 2.05) is 0 Å². The van der Waals surface area contributed by atoms with Crippen LogP contribution >= 0.6 is 0 Å². The molecule has 1 saturated heterocycles. The molecular weight excluding hydrogens is 204 g/mol. The van der Waals surface area contributed by atoms with Crippen LogP contribution in [0.25, 0.3) is 0 Å². The summed E-state index contributed by atoms with van der Waals surface area (Å²) < 4.78 is 0. The van der Waals surface area contributed by atoms with Crippen molar-refractivity contribution in [1.29, 1.82) is 0 Å². The van der Waals surface area contributed by atoms with Crippen LogP contribution in [0.15, 0.2) is 0 Å². The van der Waals surface area contributed by atoms with Crippen molar-refractivity contribution in [1.82, 2.24) is 10.6 Å². The molecule has 0 aromatic carbocycles. The summed E-state index contributed by atoms with van der Waals surface area (Å²) in [4.78, 5) is 22.2. The minimum atomic E-state index is -0.376. The summed E-state index contributed by atoms with van der Waals surface area (Å²) in [5.41, 5.74) is 0. The number of aldehydes is 1. The van der Waals surface area contributed by atoms with E-state index in [0.29, 0.717) is 18.1 Å². The van der Waals surface area contributed by atoms with Crippen LogP contribution in [-0.4, -0.2) is 36.7 Å². The van der Waals surface area contributed by atoms with E-state index in [-0.39, 0.29) is 23.9 Å². The largest absolute Gasteiger partial charge is 0.310 e. The normalized spacial score (nSPS) is 30.8. The zero-order valence-corrected chi connectivity index (χ0v) is 10.5. The number of rotatable bonds is 4. The molecule has 3 unspecified atom stereocenters. The van der Waals surface area contributed by atoms with E-state index in [9.17, 15) is 9.59 Å². The van der Waals surface area contributed by atoms with E-state index < -0.39 is 0 Å². The molecule has 0 aromatic rings. The summed E-state index contributed by atoms with van der Waals surface area (Å²) in [5.74, 6) is 0.425. The molecule has 1 heterocycles. The summed E-state index contributed by atoms with van der Waals surface area (Å²) in [6.45, 7) is 9.18. The lowest BCUT2D eigenvalue weighted by Crippen LogP contribution is -2.66. The van der Waals surface area contributed by atoms with E-state index in [1.54, 1.807) is 0 Å². The van der Waals surface area contributed by atoms with Crippen molar-refractivity contribution in [3.8, 4) is 0 Å². The van der Waals surface area contributed by atoms with E-state index >= 15 is 0 Å². The molecule has 3 atom stereocenters. The molecule has 16 heavy (non-hydrogen) atoms. The molecule has 0 aliphatic carbocycles. The second kappa shape index (κ2) is 5.55. The van der Waals surface area contributed by atoms with Crippen LogP contribution in [-0.2, 0) is 9.59 Å². The molecule has 1 aliphatic rings. The number of carbonyl (C=O) groups is 2. The molecular formula is C12H22N2O2. The van der Waals surface area contributed by atoms with Crippen LogP contribution in [0.3, 0.4) is 0 Å². The maximum atomic E-state index is 11.6. The van der Waals surface area contributed by atoms with Gasteiger partial charge < -0.3 is 10.6 Å². The number of ketones is 1. The van der Waals surface area contributed by atoms with E-state index in [1.165, 1.54) is 0 Å². The van der Waals surface area contributed by atoms with Crippen molar-refractivity contribution in [3.63, 3.8) is 0 Å². The molecule has 4 heteroatoms. The fourth-order valence-corrected chi connectivity index (χ4v) is 2.16. The first-order valence-corrected chi connectivity index (χ1v) is 5.95. The number of carbonyl (C=O) groups excluding carboxylic acids is 2. The summed E-state index contributed by atoms with van der Waals surface area (Å²) in [6, 6.07) is -0.0738. The lowest BCUT2D eigenvalue weighted by Gasteiger charge is -2.40. The first-order valence-electron chi connectivity index (χ1n) is 5.95. The Labute approximate surface area is 97.2 Å². The fourth-order valence-electron chi connectivity index (χ4n) is 2.16. The van der Waals surface area contributed by atoms with Crippen LogP contribution in [0.5, 0.6) is 0 Å². The maximum Gasteiger partial charge on any atom is 0.213 e. The van der Waals surface area contributed by atoms with E-state index in [0.717, 1.165) is 6.54 Å². The Kier molecular flexibility index (Phi) is 4.62. The summed E-state index contributed by atoms with van der Waals surface area (Å²) in [7, 11) is 0. The Morgan fingerprint density at radius 3 is 2.31 bits per heavy atom. The van der Waals surface area contributed by atoms with Gasteiger partial charge in [0.2, 0.25) is 5.78 Å². The third-order valence-electron chi connectivity index (χ3n) is 3.27. The van der Waals surface area contributed by atoms with Crippen molar-refractivity contribution < 1.29 is 9.59 Å². The lowest BCUT2D eigenvalue weighted by atomic mass is 9.88. The van der Waals surface area contributed by atoms with Gasteiger partial charge in [-0.15, -0.1) is 0 Å². The Balaban J connectivity index is 2.77. The Morgan fingerprint density at radius 1 is 1.25 bits per heavy atom. The second-order valence-corrected chi connectivity index (χ2v) is 5.19. The molecule has 1 rings (SSSR count). The van der Waals surface area contributed by atoms with Crippen molar-refractivity contribution >= 4 is 12.1 Å². The van der Waals surface area contributed by atoms with Gasteiger partial charge in [0.15, 0.2) is 6.29 Å². The molecule has 0 saturated carbocycles. The highest BCUT2D eigenvalue weighted by atomic mass is 16.2. The maximum absolute atomic E-state index is 11.6. The molecule has 4 nitrogen and oxygen atoms in total.